The zero-order valence-corrected chi connectivity index (χ0v) is 14.9. The van der Waals surface area contributed by atoms with Crippen molar-refractivity contribution < 1.29 is 14.1 Å². The van der Waals surface area contributed by atoms with Crippen molar-refractivity contribution in [2.75, 3.05) is 0 Å². The summed E-state index contributed by atoms with van der Waals surface area (Å²) in [5.74, 6) is -1.22. The molecule has 0 spiro atoms. The molecule has 27 heavy (non-hydrogen) atoms. The first kappa shape index (κ1) is 18.4. The van der Waals surface area contributed by atoms with Gasteiger partial charge in [-0.25, -0.2) is 4.39 Å². The smallest absolute Gasteiger partial charge is 0.293 e. The van der Waals surface area contributed by atoms with Crippen LogP contribution in [0.1, 0.15) is 33.2 Å². The third-order valence-corrected chi connectivity index (χ3v) is 4.53. The van der Waals surface area contributed by atoms with Crippen molar-refractivity contribution in [2.45, 2.75) is 26.3 Å². The van der Waals surface area contributed by atoms with Crippen LogP contribution in [-0.2, 0) is 6.54 Å². The van der Waals surface area contributed by atoms with Crippen LogP contribution in [0.15, 0.2) is 54.6 Å². The number of rotatable bonds is 6. The Hall–Kier alpha value is -3.35. The number of aryl methyl sites for hydroxylation is 1. The maximum absolute atomic E-state index is 13.2. The van der Waals surface area contributed by atoms with E-state index in [1.54, 1.807) is 13.8 Å². The standard InChI is InChI=1S/C20H18FN3O3/c1-13-19(24(26)27)14(2)23(22-13)12-18(15-6-4-3-5-7-15)20(25)16-8-10-17(21)11-9-16/h3-11,18H,12H2,1-2H3/t18-/m1/s1. The summed E-state index contributed by atoms with van der Waals surface area (Å²) < 4.78 is 14.7. The summed E-state index contributed by atoms with van der Waals surface area (Å²) in [7, 11) is 0. The van der Waals surface area contributed by atoms with Gasteiger partial charge in [-0.1, -0.05) is 30.3 Å². The number of hydrogen-bond acceptors (Lipinski definition) is 4. The van der Waals surface area contributed by atoms with Gasteiger partial charge in [0.05, 0.1) is 17.4 Å². The normalized spacial score (nSPS) is 12.0. The average molecular weight is 367 g/mol. The second kappa shape index (κ2) is 7.49. The van der Waals surface area contributed by atoms with Gasteiger partial charge in [0.2, 0.25) is 0 Å². The van der Waals surface area contributed by atoms with Gasteiger partial charge in [0.1, 0.15) is 17.2 Å². The predicted octanol–water partition coefficient (Wildman–Crippen LogP) is 4.21. The Bertz CT molecular complexity index is 982. The molecule has 3 rings (SSSR count). The van der Waals surface area contributed by atoms with Gasteiger partial charge in [0, 0.05) is 5.56 Å². The van der Waals surface area contributed by atoms with Crippen molar-refractivity contribution in [3.63, 3.8) is 0 Å². The molecule has 0 aliphatic carbocycles. The number of nitro groups is 1. The third kappa shape index (κ3) is 3.76. The van der Waals surface area contributed by atoms with Crippen molar-refractivity contribution >= 4 is 11.5 Å². The Labute approximate surface area is 155 Å². The average Bonchev–Trinajstić information content (AvgIpc) is 2.94. The maximum Gasteiger partial charge on any atom is 0.312 e. The van der Waals surface area contributed by atoms with E-state index in [0.717, 1.165) is 5.56 Å². The first-order valence-electron chi connectivity index (χ1n) is 8.41. The number of carbonyl (C=O) groups excluding carboxylic acids is 1. The molecule has 0 aliphatic heterocycles. The molecule has 0 bridgehead atoms. The summed E-state index contributed by atoms with van der Waals surface area (Å²) >= 11 is 0. The van der Waals surface area contributed by atoms with Crippen LogP contribution >= 0.6 is 0 Å². The summed E-state index contributed by atoms with van der Waals surface area (Å²) in [6.45, 7) is 3.34. The number of nitrogens with zero attached hydrogens (tertiary/aromatic N) is 3. The highest BCUT2D eigenvalue weighted by atomic mass is 19.1. The molecule has 0 amide bonds. The first-order chi connectivity index (χ1) is 12.9. The molecule has 0 N–H and O–H groups in total. The van der Waals surface area contributed by atoms with Gasteiger partial charge in [0.15, 0.2) is 5.78 Å². The van der Waals surface area contributed by atoms with Crippen LogP contribution in [-0.4, -0.2) is 20.5 Å². The van der Waals surface area contributed by atoms with Gasteiger partial charge in [-0.3, -0.25) is 19.6 Å². The highest BCUT2D eigenvalue weighted by Crippen LogP contribution is 2.27. The summed E-state index contributed by atoms with van der Waals surface area (Å²) in [6, 6.07) is 14.5. The van der Waals surface area contributed by atoms with Gasteiger partial charge in [-0.05, 0) is 43.7 Å². The Morgan fingerprint density at radius 3 is 2.33 bits per heavy atom. The molecule has 2 aromatic carbocycles. The second-order valence-electron chi connectivity index (χ2n) is 6.29. The first-order valence-corrected chi connectivity index (χ1v) is 8.41. The molecule has 7 heteroatoms. The zero-order valence-electron chi connectivity index (χ0n) is 14.9. The lowest BCUT2D eigenvalue weighted by molar-refractivity contribution is -0.386. The lowest BCUT2D eigenvalue weighted by Crippen LogP contribution is -2.20. The quantitative estimate of drug-likeness (QED) is 0.371. The molecule has 3 aromatic rings. The lowest BCUT2D eigenvalue weighted by Gasteiger charge is -2.17. The molecule has 0 radical (unpaired) electrons. The molecule has 0 saturated carbocycles. The van der Waals surface area contributed by atoms with Gasteiger partial charge in [0.25, 0.3) is 0 Å². The lowest BCUT2D eigenvalue weighted by atomic mass is 9.90. The Balaban J connectivity index is 2.01. The number of carbonyl (C=O) groups is 1. The molecular weight excluding hydrogens is 349 g/mol. The van der Waals surface area contributed by atoms with Crippen molar-refractivity contribution in [1.82, 2.24) is 9.78 Å². The number of benzene rings is 2. The molecule has 0 unspecified atom stereocenters. The number of hydrogen-bond donors (Lipinski definition) is 0. The van der Waals surface area contributed by atoms with Gasteiger partial charge < -0.3 is 0 Å². The summed E-state index contributed by atoms with van der Waals surface area (Å²) in [5.41, 5.74) is 1.79. The highest BCUT2D eigenvalue weighted by Gasteiger charge is 2.27. The molecular formula is C20H18FN3O3. The molecule has 0 fully saturated rings. The molecule has 1 heterocycles. The van der Waals surface area contributed by atoms with Gasteiger partial charge in [-0.2, -0.15) is 5.10 Å². The van der Waals surface area contributed by atoms with Crippen molar-refractivity contribution in [2.24, 2.45) is 0 Å². The fourth-order valence-electron chi connectivity index (χ4n) is 3.14. The van der Waals surface area contributed by atoms with E-state index in [2.05, 4.69) is 5.10 Å². The van der Waals surface area contributed by atoms with E-state index < -0.39 is 16.7 Å². The number of Topliss-reactive ketones (excluding diaryl/α,β-unsaturated/α-hetero) is 1. The van der Waals surface area contributed by atoms with Crippen LogP contribution in [0.25, 0.3) is 0 Å². The fourth-order valence-corrected chi connectivity index (χ4v) is 3.14. The molecule has 1 aromatic heterocycles. The zero-order chi connectivity index (χ0) is 19.6. The monoisotopic (exact) mass is 367 g/mol. The Kier molecular flexibility index (Phi) is 5.12. The summed E-state index contributed by atoms with van der Waals surface area (Å²) in [5, 5.41) is 15.5. The fraction of sp³-hybridized carbons (Fsp3) is 0.200. The second-order valence-corrected chi connectivity index (χ2v) is 6.29. The molecule has 0 saturated heterocycles. The van der Waals surface area contributed by atoms with Crippen LogP contribution < -0.4 is 0 Å². The molecule has 138 valence electrons. The minimum atomic E-state index is -0.603. The van der Waals surface area contributed by atoms with E-state index in [1.165, 1.54) is 28.9 Å². The van der Waals surface area contributed by atoms with E-state index in [0.29, 0.717) is 17.0 Å². The van der Waals surface area contributed by atoms with E-state index in [9.17, 15) is 19.3 Å². The minimum absolute atomic E-state index is 0.0453. The Morgan fingerprint density at radius 1 is 1.15 bits per heavy atom. The van der Waals surface area contributed by atoms with E-state index in [4.69, 9.17) is 0 Å². The minimum Gasteiger partial charge on any atom is -0.293 e. The number of aromatic nitrogens is 2. The van der Waals surface area contributed by atoms with Gasteiger partial charge >= 0.3 is 5.69 Å². The van der Waals surface area contributed by atoms with E-state index >= 15 is 0 Å². The predicted molar refractivity (Wildman–Crippen MR) is 98.3 cm³/mol. The highest BCUT2D eigenvalue weighted by molar-refractivity contribution is 6.00. The summed E-state index contributed by atoms with van der Waals surface area (Å²) in [6.07, 6.45) is 0. The van der Waals surface area contributed by atoms with Crippen molar-refractivity contribution in [3.8, 4) is 0 Å². The molecule has 6 nitrogen and oxygen atoms in total. The largest absolute Gasteiger partial charge is 0.312 e. The maximum atomic E-state index is 13.2. The van der Waals surface area contributed by atoms with Crippen LogP contribution in [0.2, 0.25) is 0 Å². The number of halogens is 1. The van der Waals surface area contributed by atoms with Gasteiger partial charge in [-0.15, -0.1) is 0 Å². The van der Waals surface area contributed by atoms with Crippen LogP contribution in [0, 0.1) is 29.8 Å². The molecule has 0 aliphatic rings. The third-order valence-electron chi connectivity index (χ3n) is 4.53. The Morgan fingerprint density at radius 2 is 1.78 bits per heavy atom. The van der Waals surface area contributed by atoms with E-state index in [1.807, 2.05) is 30.3 Å². The van der Waals surface area contributed by atoms with Crippen molar-refractivity contribution in [1.29, 1.82) is 0 Å². The van der Waals surface area contributed by atoms with Crippen LogP contribution in [0.5, 0.6) is 0 Å². The van der Waals surface area contributed by atoms with Crippen LogP contribution in [0.4, 0.5) is 10.1 Å². The van der Waals surface area contributed by atoms with Crippen LogP contribution in [0.3, 0.4) is 0 Å². The topological polar surface area (TPSA) is 78.0 Å². The van der Waals surface area contributed by atoms with E-state index in [-0.39, 0.29) is 18.0 Å². The molecule has 1 atom stereocenters. The SMILES string of the molecule is Cc1nn(C[C@@H](C(=O)c2ccc(F)cc2)c2ccccc2)c(C)c1[N+](=O)[O-]. The number of ketones is 1. The van der Waals surface area contributed by atoms with Crippen molar-refractivity contribution in [3.05, 3.63) is 93.0 Å². The summed E-state index contributed by atoms with van der Waals surface area (Å²) in [4.78, 5) is 23.9.